The van der Waals surface area contributed by atoms with E-state index >= 15 is 0 Å². The Morgan fingerprint density at radius 2 is 1.73 bits per heavy atom. The Kier molecular flexibility index (Phi) is 5.96. The molecule has 0 fully saturated rings. The lowest BCUT2D eigenvalue weighted by molar-refractivity contribution is -0.135. The Morgan fingerprint density at radius 1 is 1.10 bits per heavy atom. The summed E-state index contributed by atoms with van der Waals surface area (Å²) in [4.78, 5) is 38.4. The first-order chi connectivity index (χ1) is 14.3. The van der Waals surface area contributed by atoms with E-state index < -0.39 is 17.8 Å². The van der Waals surface area contributed by atoms with Crippen molar-refractivity contribution in [3.63, 3.8) is 0 Å². The number of carboxylic acids is 1. The number of esters is 1. The van der Waals surface area contributed by atoms with Crippen LogP contribution in [0.25, 0.3) is 6.08 Å². The van der Waals surface area contributed by atoms with Crippen molar-refractivity contribution < 1.29 is 24.2 Å². The van der Waals surface area contributed by atoms with Gasteiger partial charge in [0.05, 0.1) is 23.4 Å². The van der Waals surface area contributed by atoms with E-state index in [-0.39, 0.29) is 23.5 Å². The molecule has 0 bridgehead atoms. The largest absolute Gasteiger partial charge is 0.478 e. The van der Waals surface area contributed by atoms with Gasteiger partial charge in [-0.05, 0) is 55.0 Å². The molecule has 30 heavy (non-hydrogen) atoms. The number of hydrogen-bond donors (Lipinski definition) is 1. The third-order valence-corrected chi connectivity index (χ3v) is 4.43. The smallest absolute Gasteiger partial charge is 0.359 e. The summed E-state index contributed by atoms with van der Waals surface area (Å²) < 4.78 is 5.05. The number of nitrogens with zero attached hydrogens (tertiary/aromatic N) is 3. The van der Waals surface area contributed by atoms with E-state index in [1.807, 2.05) is 43.3 Å². The minimum atomic E-state index is -1.08. The van der Waals surface area contributed by atoms with E-state index in [1.54, 1.807) is 13.0 Å². The molecule has 0 radical (unpaired) electrons. The molecule has 0 saturated carbocycles. The van der Waals surface area contributed by atoms with Gasteiger partial charge in [0.25, 0.3) is 5.91 Å². The van der Waals surface area contributed by atoms with Gasteiger partial charge in [0.2, 0.25) is 0 Å². The number of carboxylic acid groups (broad SMARTS) is 1. The van der Waals surface area contributed by atoms with Crippen LogP contribution in [0.2, 0.25) is 0 Å². The van der Waals surface area contributed by atoms with Crippen LogP contribution in [0.5, 0.6) is 0 Å². The van der Waals surface area contributed by atoms with Gasteiger partial charge in [0, 0.05) is 19.8 Å². The maximum atomic E-state index is 13.0. The molecule has 1 aliphatic rings. The number of hydrazone groups is 1. The molecule has 0 spiro atoms. The molecule has 0 atom stereocenters. The lowest BCUT2D eigenvalue weighted by Crippen LogP contribution is -2.23. The number of rotatable bonds is 6. The molecule has 2 aromatic carbocycles. The van der Waals surface area contributed by atoms with Crippen molar-refractivity contribution in [2.24, 2.45) is 5.10 Å². The van der Waals surface area contributed by atoms with Gasteiger partial charge in [-0.3, -0.25) is 4.79 Å². The predicted molar refractivity (Wildman–Crippen MR) is 114 cm³/mol. The number of anilines is 2. The highest BCUT2D eigenvalue weighted by molar-refractivity contribution is 6.54. The molecule has 1 aliphatic heterocycles. The predicted octanol–water partition coefficient (Wildman–Crippen LogP) is 2.80. The molecule has 1 heterocycles. The summed E-state index contributed by atoms with van der Waals surface area (Å²) in [6.45, 7) is 1.81. The molecule has 0 aromatic heterocycles. The number of ether oxygens (including phenoxy) is 1. The second kappa shape index (κ2) is 8.60. The number of aromatic carboxylic acids is 1. The third-order valence-electron chi connectivity index (χ3n) is 4.43. The summed E-state index contributed by atoms with van der Waals surface area (Å²) in [5.41, 5.74) is 2.16. The Morgan fingerprint density at radius 3 is 2.27 bits per heavy atom. The van der Waals surface area contributed by atoms with Gasteiger partial charge in [0.15, 0.2) is 5.71 Å². The summed E-state index contributed by atoms with van der Waals surface area (Å²) in [5.74, 6) is -2.28. The molecule has 1 amide bonds. The number of carbonyl (C=O) groups is 3. The van der Waals surface area contributed by atoms with E-state index in [0.717, 1.165) is 16.3 Å². The quantitative estimate of drug-likeness (QED) is 0.584. The van der Waals surface area contributed by atoms with Crippen molar-refractivity contribution in [1.82, 2.24) is 0 Å². The molecule has 8 heteroatoms. The van der Waals surface area contributed by atoms with Crippen LogP contribution in [-0.4, -0.2) is 49.4 Å². The van der Waals surface area contributed by atoms with E-state index in [0.29, 0.717) is 5.69 Å². The van der Waals surface area contributed by atoms with Gasteiger partial charge in [-0.2, -0.15) is 10.1 Å². The molecule has 8 nitrogen and oxygen atoms in total. The van der Waals surface area contributed by atoms with Gasteiger partial charge in [-0.25, -0.2) is 9.59 Å². The number of hydrogen-bond acceptors (Lipinski definition) is 6. The van der Waals surface area contributed by atoms with Crippen molar-refractivity contribution >= 4 is 41.0 Å². The fourth-order valence-corrected chi connectivity index (χ4v) is 2.85. The van der Waals surface area contributed by atoms with Crippen LogP contribution < -0.4 is 9.91 Å². The third kappa shape index (κ3) is 4.22. The second-order valence-corrected chi connectivity index (χ2v) is 6.68. The van der Waals surface area contributed by atoms with Crippen LogP contribution in [0.1, 0.15) is 22.8 Å². The monoisotopic (exact) mass is 407 g/mol. The lowest BCUT2D eigenvalue weighted by atomic mass is 10.1. The Bertz CT molecular complexity index is 1040. The van der Waals surface area contributed by atoms with E-state index in [9.17, 15) is 14.4 Å². The molecule has 3 rings (SSSR count). The average Bonchev–Trinajstić information content (AvgIpc) is 3.05. The van der Waals surface area contributed by atoms with Gasteiger partial charge in [0.1, 0.15) is 0 Å². The number of carbonyl (C=O) groups excluding carboxylic acids is 2. The van der Waals surface area contributed by atoms with Crippen molar-refractivity contribution in [3.8, 4) is 0 Å². The normalized spacial score (nSPS) is 14.6. The molecule has 0 saturated heterocycles. The summed E-state index contributed by atoms with van der Waals surface area (Å²) in [7, 11) is 3.85. The van der Waals surface area contributed by atoms with E-state index in [4.69, 9.17) is 9.84 Å². The summed E-state index contributed by atoms with van der Waals surface area (Å²) in [6, 6.07) is 13.1. The average molecular weight is 407 g/mol. The van der Waals surface area contributed by atoms with Crippen molar-refractivity contribution in [2.45, 2.75) is 6.92 Å². The van der Waals surface area contributed by atoms with Gasteiger partial charge >= 0.3 is 11.9 Å². The summed E-state index contributed by atoms with van der Waals surface area (Å²) in [6.07, 6.45) is 1.59. The van der Waals surface area contributed by atoms with Crippen molar-refractivity contribution in [1.29, 1.82) is 0 Å². The highest BCUT2D eigenvalue weighted by Gasteiger charge is 2.36. The first kappa shape index (κ1) is 20.8. The first-order valence-electron chi connectivity index (χ1n) is 9.24. The van der Waals surface area contributed by atoms with Crippen LogP contribution in [0.4, 0.5) is 11.4 Å². The zero-order valence-corrected chi connectivity index (χ0v) is 16.8. The number of amides is 1. The zero-order valence-electron chi connectivity index (χ0n) is 16.8. The van der Waals surface area contributed by atoms with Crippen molar-refractivity contribution in [2.75, 3.05) is 30.6 Å². The fourth-order valence-electron chi connectivity index (χ4n) is 2.85. The lowest BCUT2D eigenvalue weighted by Gasteiger charge is -2.12. The molecule has 0 unspecified atom stereocenters. The minimum Gasteiger partial charge on any atom is -0.478 e. The van der Waals surface area contributed by atoms with Gasteiger partial charge in [-0.15, -0.1) is 0 Å². The highest BCUT2D eigenvalue weighted by atomic mass is 16.5. The van der Waals surface area contributed by atoms with Crippen LogP contribution in [-0.2, 0) is 14.3 Å². The SMILES string of the molecule is CCOC(=O)C1=NN(c2ccc(C(=O)O)cc2)C(=O)C1=Cc1ccc(N(C)C)cc1. The standard InChI is InChI=1S/C22H21N3O5/c1-4-30-22(29)19-18(13-14-5-9-16(10-6-14)24(2)3)20(26)25(23-19)17-11-7-15(8-12-17)21(27)28/h5-13H,4H2,1-3H3,(H,27,28). The zero-order chi connectivity index (χ0) is 21.8. The summed E-state index contributed by atoms with van der Waals surface area (Å²) in [5, 5.41) is 14.3. The topological polar surface area (TPSA) is 99.5 Å². The maximum absolute atomic E-state index is 13.0. The first-order valence-corrected chi connectivity index (χ1v) is 9.24. The molecule has 2 aromatic rings. The minimum absolute atomic E-state index is 0.0803. The van der Waals surface area contributed by atoms with Gasteiger partial charge < -0.3 is 14.7 Å². The van der Waals surface area contributed by atoms with E-state index in [1.165, 1.54) is 24.3 Å². The molecule has 1 N–H and O–H groups in total. The summed E-state index contributed by atoms with van der Waals surface area (Å²) >= 11 is 0. The van der Waals surface area contributed by atoms with Crippen molar-refractivity contribution in [3.05, 3.63) is 65.2 Å². The Hall–Kier alpha value is -3.94. The van der Waals surface area contributed by atoms with Crippen LogP contribution >= 0.6 is 0 Å². The Balaban J connectivity index is 1.99. The molecule has 154 valence electrons. The maximum Gasteiger partial charge on any atom is 0.359 e. The van der Waals surface area contributed by atoms with Gasteiger partial charge in [-0.1, -0.05) is 12.1 Å². The van der Waals surface area contributed by atoms with Crippen LogP contribution in [0.15, 0.2) is 59.2 Å². The van der Waals surface area contributed by atoms with E-state index in [2.05, 4.69) is 5.10 Å². The molecule has 0 aliphatic carbocycles. The fraction of sp³-hybridized carbons (Fsp3) is 0.182. The van der Waals surface area contributed by atoms with Crippen LogP contribution in [0, 0.1) is 0 Å². The molecular weight excluding hydrogens is 386 g/mol. The molecular formula is C22H21N3O5. The second-order valence-electron chi connectivity index (χ2n) is 6.68. The number of benzene rings is 2. The van der Waals surface area contributed by atoms with Crippen LogP contribution in [0.3, 0.4) is 0 Å². The highest BCUT2D eigenvalue weighted by Crippen LogP contribution is 2.26. The Labute approximate surface area is 173 Å².